The maximum Gasteiger partial charge on any atom is 0.250 e. The number of aryl methyl sites for hydroxylation is 2. The Morgan fingerprint density at radius 2 is 1.82 bits per heavy atom. The van der Waals surface area contributed by atoms with Gasteiger partial charge in [-0.3, -0.25) is 29.4 Å². The fourth-order valence-electron chi connectivity index (χ4n) is 5.82. The zero-order valence-corrected chi connectivity index (χ0v) is 18.6. The van der Waals surface area contributed by atoms with Gasteiger partial charge >= 0.3 is 0 Å². The summed E-state index contributed by atoms with van der Waals surface area (Å²) >= 11 is 0. The van der Waals surface area contributed by atoms with E-state index in [0.29, 0.717) is 17.7 Å². The molecule has 0 saturated carbocycles. The molecule has 4 N–H and O–H groups in total. The molecule has 3 aliphatic rings. The van der Waals surface area contributed by atoms with Crippen LogP contribution in [0.4, 0.5) is 5.69 Å². The smallest absolute Gasteiger partial charge is 0.250 e. The molecule has 1 spiro atoms. The summed E-state index contributed by atoms with van der Waals surface area (Å²) in [6.45, 7) is 4.03. The van der Waals surface area contributed by atoms with E-state index in [1.165, 1.54) is 4.90 Å². The van der Waals surface area contributed by atoms with Gasteiger partial charge in [0.15, 0.2) is 0 Å². The minimum absolute atomic E-state index is 0.137. The average Bonchev–Trinajstić information content (AvgIpc) is 3.33. The van der Waals surface area contributed by atoms with Gasteiger partial charge in [0.25, 0.3) is 0 Å². The monoisotopic (exact) mass is 446 g/mol. The van der Waals surface area contributed by atoms with Crippen molar-refractivity contribution in [1.82, 2.24) is 10.2 Å². The van der Waals surface area contributed by atoms with E-state index in [1.54, 1.807) is 0 Å². The van der Waals surface area contributed by atoms with Crippen LogP contribution in [0.25, 0.3) is 0 Å². The van der Waals surface area contributed by atoms with Gasteiger partial charge in [0.05, 0.1) is 11.8 Å². The van der Waals surface area contributed by atoms with Crippen molar-refractivity contribution >= 4 is 29.3 Å². The second-order valence-corrected chi connectivity index (χ2v) is 9.25. The minimum Gasteiger partial charge on any atom is -0.370 e. The van der Waals surface area contributed by atoms with Crippen molar-refractivity contribution in [2.75, 3.05) is 11.9 Å². The van der Waals surface area contributed by atoms with E-state index in [1.807, 2.05) is 56.3 Å². The quantitative estimate of drug-likeness (QED) is 0.595. The maximum absolute atomic E-state index is 13.7. The number of fused-ring (bicyclic) bond motifs is 4. The number of carbonyl (C=O) groups excluding carboxylic acids is 4. The minimum atomic E-state index is -1.41. The van der Waals surface area contributed by atoms with Gasteiger partial charge < -0.3 is 11.1 Å². The summed E-state index contributed by atoms with van der Waals surface area (Å²) in [6, 6.07) is 12.7. The highest BCUT2D eigenvalue weighted by Crippen LogP contribution is 2.54. The lowest BCUT2D eigenvalue weighted by Gasteiger charge is -2.29. The summed E-state index contributed by atoms with van der Waals surface area (Å²) in [5, 5.41) is 6.15. The Morgan fingerprint density at radius 1 is 1.09 bits per heavy atom. The maximum atomic E-state index is 13.7. The third-order valence-corrected chi connectivity index (χ3v) is 7.14. The molecule has 2 aromatic rings. The van der Waals surface area contributed by atoms with Crippen molar-refractivity contribution in [2.45, 2.75) is 38.3 Å². The number of imide groups is 1. The van der Waals surface area contributed by atoms with Crippen molar-refractivity contribution < 1.29 is 19.2 Å². The fraction of sp³-hybridized carbons (Fsp3) is 0.360. The molecule has 2 fully saturated rings. The Bertz CT molecular complexity index is 1190. The van der Waals surface area contributed by atoms with Crippen LogP contribution in [0.5, 0.6) is 0 Å². The van der Waals surface area contributed by atoms with Crippen molar-refractivity contribution in [3.05, 3.63) is 64.7 Å². The normalized spacial score (nSPS) is 27.8. The van der Waals surface area contributed by atoms with Crippen LogP contribution in [0.15, 0.2) is 42.5 Å². The molecule has 0 aliphatic carbocycles. The first-order chi connectivity index (χ1) is 15.7. The number of benzene rings is 2. The largest absolute Gasteiger partial charge is 0.370 e. The van der Waals surface area contributed by atoms with E-state index in [2.05, 4.69) is 10.6 Å². The average molecular weight is 447 g/mol. The Hall–Kier alpha value is -3.52. The molecule has 4 atom stereocenters. The van der Waals surface area contributed by atoms with E-state index < -0.39 is 29.3 Å². The van der Waals surface area contributed by atoms with Crippen LogP contribution in [0.2, 0.25) is 0 Å². The molecule has 8 heteroatoms. The summed E-state index contributed by atoms with van der Waals surface area (Å²) in [7, 11) is 0. The summed E-state index contributed by atoms with van der Waals surface area (Å²) in [5.41, 5.74) is 8.20. The number of anilines is 1. The first kappa shape index (κ1) is 21.3. The molecule has 8 nitrogen and oxygen atoms in total. The Labute approximate surface area is 191 Å². The molecule has 4 amide bonds. The Balaban J connectivity index is 1.57. The number of rotatable bonds is 5. The highest BCUT2D eigenvalue weighted by atomic mass is 16.2. The Morgan fingerprint density at radius 3 is 2.52 bits per heavy atom. The molecule has 33 heavy (non-hydrogen) atoms. The molecule has 2 aromatic carbocycles. The number of carbonyl (C=O) groups is 4. The van der Waals surface area contributed by atoms with E-state index in [9.17, 15) is 19.2 Å². The van der Waals surface area contributed by atoms with Gasteiger partial charge in [-0.2, -0.15) is 0 Å². The van der Waals surface area contributed by atoms with E-state index in [-0.39, 0.29) is 30.7 Å². The lowest BCUT2D eigenvalue weighted by Crippen LogP contribution is -2.53. The molecule has 3 aliphatic heterocycles. The topological polar surface area (TPSA) is 122 Å². The molecule has 0 bridgehead atoms. The van der Waals surface area contributed by atoms with Gasteiger partial charge in [-0.05, 0) is 31.4 Å². The number of nitrogens with two attached hydrogens (primary N) is 1. The zero-order valence-electron chi connectivity index (χ0n) is 18.6. The summed E-state index contributed by atoms with van der Waals surface area (Å²) in [6.07, 6.45) is 0.377. The number of likely N-dealkylation sites (tertiary alicyclic amines) is 1. The predicted octanol–water partition coefficient (Wildman–Crippen LogP) is 1.14. The summed E-state index contributed by atoms with van der Waals surface area (Å²) < 4.78 is 0. The van der Waals surface area contributed by atoms with Gasteiger partial charge in [-0.1, -0.05) is 48.0 Å². The first-order valence-electron chi connectivity index (χ1n) is 11.1. The Kier molecular flexibility index (Phi) is 4.86. The van der Waals surface area contributed by atoms with Gasteiger partial charge in [0.1, 0.15) is 5.54 Å². The van der Waals surface area contributed by atoms with Crippen LogP contribution < -0.4 is 16.4 Å². The molecule has 170 valence electrons. The predicted molar refractivity (Wildman–Crippen MR) is 121 cm³/mol. The van der Waals surface area contributed by atoms with Crippen LogP contribution in [-0.4, -0.2) is 41.1 Å². The lowest BCUT2D eigenvalue weighted by molar-refractivity contribution is -0.142. The second kappa shape index (κ2) is 7.52. The zero-order chi connectivity index (χ0) is 23.5. The third kappa shape index (κ3) is 3.08. The molecule has 2 saturated heterocycles. The highest BCUT2D eigenvalue weighted by Gasteiger charge is 2.70. The number of primary amides is 1. The van der Waals surface area contributed by atoms with Crippen LogP contribution in [-0.2, 0) is 31.1 Å². The molecule has 0 unspecified atom stereocenters. The van der Waals surface area contributed by atoms with Gasteiger partial charge in [-0.15, -0.1) is 0 Å². The first-order valence-corrected chi connectivity index (χ1v) is 11.1. The summed E-state index contributed by atoms with van der Waals surface area (Å²) in [4.78, 5) is 53.7. The van der Waals surface area contributed by atoms with Crippen LogP contribution in [0.1, 0.15) is 28.7 Å². The lowest BCUT2D eigenvalue weighted by atomic mass is 9.76. The number of nitrogens with zero attached hydrogens (tertiary/aromatic N) is 1. The number of amides is 4. The van der Waals surface area contributed by atoms with Crippen molar-refractivity contribution in [3.8, 4) is 0 Å². The van der Waals surface area contributed by atoms with Crippen LogP contribution in [0.3, 0.4) is 0 Å². The molecule has 0 radical (unpaired) electrons. The van der Waals surface area contributed by atoms with Gasteiger partial charge in [-0.25, -0.2) is 0 Å². The SMILES string of the molecule is Cc1cc(C)c2c(c1)[C@]1(N[C@H](CC(N)=O)[C@H]3C(=O)N(CCc4ccccc4)C(=O)[C@@H]31)C(=O)N2. The molecule has 5 rings (SSSR count). The molecule has 3 heterocycles. The van der Waals surface area contributed by atoms with Crippen molar-refractivity contribution in [3.63, 3.8) is 0 Å². The fourth-order valence-corrected chi connectivity index (χ4v) is 5.82. The van der Waals surface area contributed by atoms with Gasteiger partial charge in [0.2, 0.25) is 23.6 Å². The highest BCUT2D eigenvalue weighted by molar-refractivity contribution is 6.15. The van der Waals surface area contributed by atoms with Crippen LogP contribution >= 0.6 is 0 Å². The molecular formula is C25H26N4O4. The summed E-state index contributed by atoms with van der Waals surface area (Å²) in [5.74, 6) is -3.49. The molecular weight excluding hydrogens is 420 g/mol. The van der Waals surface area contributed by atoms with E-state index in [4.69, 9.17) is 5.73 Å². The second-order valence-electron chi connectivity index (χ2n) is 9.25. The standard InChI is InChI=1S/C25H26N4O4/c1-13-10-14(2)21-16(11-13)25(24(33)27-21)20-19(17(28-25)12-18(26)30)22(31)29(23(20)32)9-8-15-6-4-3-5-7-15/h3-7,10-11,17,19-20,28H,8-9,12H2,1-2H3,(H2,26,30)(H,27,33)/t17-,19-,20-,25-/m1/s1. The van der Waals surface area contributed by atoms with Crippen LogP contribution in [0, 0.1) is 25.7 Å². The number of nitrogens with one attached hydrogen (secondary N) is 2. The van der Waals surface area contributed by atoms with E-state index in [0.717, 1.165) is 16.7 Å². The number of hydrogen-bond donors (Lipinski definition) is 3. The number of hydrogen-bond acceptors (Lipinski definition) is 5. The van der Waals surface area contributed by atoms with Crippen molar-refractivity contribution in [1.29, 1.82) is 0 Å². The van der Waals surface area contributed by atoms with Crippen molar-refractivity contribution in [2.24, 2.45) is 17.6 Å². The van der Waals surface area contributed by atoms with Gasteiger partial charge in [0, 0.05) is 30.3 Å². The van der Waals surface area contributed by atoms with E-state index >= 15 is 0 Å². The molecule has 0 aromatic heterocycles. The third-order valence-electron chi connectivity index (χ3n) is 7.14.